The van der Waals surface area contributed by atoms with Crippen molar-refractivity contribution < 1.29 is 27.8 Å². The number of benzene rings is 1. The molecule has 1 aliphatic rings. The predicted octanol–water partition coefficient (Wildman–Crippen LogP) is 5.73. The first kappa shape index (κ1) is 34.6. The van der Waals surface area contributed by atoms with Gasteiger partial charge in [-0.2, -0.15) is 0 Å². The molecule has 2 rings (SSSR count). The van der Waals surface area contributed by atoms with Crippen LogP contribution in [0.4, 0.5) is 8.78 Å². The minimum Gasteiger partial charge on any atom is -0.458 e. The number of hydrogen-bond donors (Lipinski definition) is 0. The zero-order chi connectivity index (χ0) is 29.9. The molecule has 0 fully saturated rings. The highest BCUT2D eigenvalue weighted by atomic mass is 19.1. The third kappa shape index (κ3) is 9.74. The highest BCUT2D eigenvalue weighted by Gasteiger charge is 2.48. The van der Waals surface area contributed by atoms with Gasteiger partial charge in [0.1, 0.15) is 18.1 Å². The van der Waals surface area contributed by atoms with Crippen LogP contribution >= 0.6 is 0 Å². The van der Waals surface area contributed by atoms with E-state index in [1.54, 1.807) is 20.3 Å². The van der Waals surface area contributed by atoms with Crippen molar-refractivity contribution in [1.82, 2.24) is 9.80 Å². The fourth-order valence-electron chi connectivity index (χ4n) is 6.43. The molecule has 1 aliphatic carbocycles. The molecule has 0 bridgehead atoms. The lowest BCUT2D eigenvalue weighted by Gasteiger charge is -2.47. The monoisotopic (exact) mass is 568 g/mol. The summed E-state index contributed by atoms with van der Waals surface area (Å²) in [6, 6.07) is 5.04. The number of fused-ring (bicyclic) bond motifs is 1. The third-order valence-corrected chi connectivity index (χ3v) is 8.19. The van der Waals surface area contributed by atoms with Crippen molar-refractivity contribution in [3.8, 4) is 0 Å². The zero-order valence-corrected chi connectivity index (χ0v) is 26.2. The molecule has 0 amide bonds. The predicted molar refractivity (Wildman–Crippen MR) is 157 cm³/mol. The summed E-state index contributed by atoms with van der Waals surface area (Å²) in [6.07, 6.45) is 2.96. The third-order valence-electron chi connectivity index (χ3n) is 8.19. The van der Waals surface area contributed by atoms with Crippen molar-refractivity contribution in [3.63, 3.8) is 0 Å². The highest BCUT2D eigenvalue weighted by Crippen LogP contribution is 2.48. The Bertz CT molecular complexity index is 907. The van der Waals surface area contributed by atoms with Gasteiger partial charge >= 0.3 is 5.97 Å². The Labute approximate surface area is 241 Å². The van der Waals surface area contributed by atoms with Gasteiger partial charge in [-0.3, -0.25) is 9.69 Å². The lowest BCUT2D eigenvalue weighted by Crippen LogP contribution is -2.49. The van der Waals surface area contributed by atoms with Crippen LogP contribution in [0.2, 0.25) is 0 Å². The lowest BCUT2D eigenvalue weighted by molar-refractivity contribution is -0.171. The van der Waals surface area contributed by atoms with Gasteiger partial charge in [0.15, 0.2) is 0 Å². The first-order chi connectivity index (χ1) is 18.9. The second-order valence-corrected chi connectivity index (χ2v) is 12.8. The molecule has 0 saturated heterocycles. The number of carbonyl (C=O) groups is 1. The van der Waals surface area contributed by atoms with Gasteiger partial charge in [-0.25, -0.2) is 8.78 Å². The number of aryl methyl sites for hydroxylation is 1. The van der Waals surface area contributed by atoms with E-state index in [0.717, 1.165) is 37.2 Å². The summed E-state index contributed by atoms with van der Waals surface area (Å²) in [5, 5.41) is 0. The lowest BCUT2D eigenvalue weighted by atomic mass is 9.65. The molecule has 40 heavy (non-hydrogen) atoms. The molecule has 6 nitrogen and oxygen atoms in total. The van der Waals surface area contributed by atoms with Crippen molar-refractivity contribution in [2.75, 3.05) is 73.9 Å². The van der Waals surface area contributed by atoms with Crippen LogP contribution in [0.1, 0.15) is 70.9 Å². The minimum atomic E-state index is -0.642. The maximum atomic E-state index is 14.0. The average molecular weight is 569 g/mol. The Morgan fingerprint density at radius 2 is 1.77 bits per heavy atom. The maximum Gasteiger partial charge on any atom is 0.308 e. The summed E-state index contributed by atoms with van der Waals surface area (Å²) in [5.41, 5.74) is 1.27. The number of halogens is 2. The summed E-state index contributed by atoms with van der Waals surface area (Å²) in [4.78, 5) is 17.4. The number of alkyl halides is 1. The minimum absolute atomic E-state index is 0.00718. The summed E-state index contributed by atoms with van der Waals surface area (Å²) in [7, 11) is 5.45. The van der Waals surface area contributed by atoms with Gasteiger partial charge in [0, 0.05) is 51.6 Å². The Balaban J connectivity index is 2.11. The number of carbonyl (C=O) groups excluding carboxylic acids is 1. The van der Waals surface area contributed by atoms with Gasteiger partial charge in [-0.15, -0.1) is 0 Å². The number of nitrogens with zero attached hydrogens (tertiary/aromatic N) is 2. The van der Waals surface area contributed by atoms with E-state index in [4.69, 9.17) is 14.2 Å². The summed E-state index contributed by atoms with van der Waals surface area (Å²) >= 11 is 0. The Kier molecular flexibility index (Phi) is 14.0. The quantitative estimate of drug-likeness (QED) is 0.211. The Morgan fingerprint density at radius 1 is 1.10 bits per heavy atom. The summed E-state index contributed by atoms with van der Waals surface area (Å²) in [6.45, 7) is 14.3. The van der Waals surface area contributed by atoms with E-state index >= 15 is 0 Å². The maximum absolute atomic E-state index is 14.0. The number of rotatable bonds is 18. The molecule has 0 spiro atoms. The molecular weight excluding hydrogens is 514 g/mol. The van der Waals surface area contributed by atoms with Gasteiger partial charge in [0.2, 0.25) is 0 Å². The van der Waals surface area contributed by atoms with Crippen molar-refractivity contribution in [2.24, 2.45) is 17.3 Å². The fourth-order valence-corrected chi connectivity index (χ4v) is 6.43. The first-order valence-electron chi connectivity index (χ1n) is 14.9. The van der Waals surface area contributed by atoms with Crippen LogP contribution in [0.15, 0.2) is 18.2 Å². The standard InChI is InChI=1S/C32H54F2N2O4/c1-24(2)29-28-11-10-27(34)20-26(28)12-13-32(29,40-30(37)25(3)4)14-18-35(6)16-9-17-36(19-15-33)21-31(5,22-38-7)23-39-8/h10-11,20,24-25,29H,9,12-19,21-23H2,1-8H3. The summed E-state index contributed by atoms with van der Waals surface area (Å²) < 4.78 is 44.6. The largest absolute Gasteiger partial charge is 0.458 e. The van der Waals surface area contributed by atoms with Crippen molar-refractivity contribution in [3.05, 3.63) is 35.1 Å². The fraction of sp³-hybridized carbons (Fsp3) is 0.781. The SMILES string of the molecule is COCC(C)(COC)CN(CCF)CCCN(C)CCC1(OC(=O)C(C)C)CCc2cc(F)ccc2C1C(C)C. The van der Waals surface area contributed by atoms with Crippen molar-refractivity contribution in [1.29, 1.82) is 0 Å². The van der Waals surface area contributed by atoms with Gasteiger partial charge in [0.05, 0.1) is 19.1 Å². The molecule has 230 valence electrons. The van der Waals surface area contributed by atoms with Crippen LogP contribution in [0.3, 0.4) is 0 Å². The Morgan fingerprint density at radius 3 is 2.35 bits per heavy atom. The normalized spacial score (nSPS) is 19.6. The highest BCUT2D eigenvalue weighted by molar-refractivity contribution is 5.72. The van der Waals surface area contributed by atoms with Gasteiger partial charge in [-0.1, -0.05) is 40.7 Å². The molecule has 0 N–H and O–H groups in total. The van der Waals surface area contributed by atoms with Crippen molar-refractivity contribution in [2.45, 2.75) is 71.8 Å². The van der Waals surface area contributed by atoms with E-state index in [9.17, 15) is 13.6 Å². The van der Waals surface area contributed by atoms with Crippen LogP contribution in [0.5, 0.6) is 0 Å². The second kappa shape index (κ2) is 16.1. The molecule has 0 saturated carbocycles. The van der Waals surface area contributed by atoms with Gasteiger partial charge in [0.25, 0.3) is 0 Å². The number of ether oxygens (including phenoxy) is 3. The topological polar surface area (TPSA) is 51.2 Å². The van der Waals surface area contributed by atoms with E-state index in [2.05, 4.69) is 37.6 Å². The number of methoxy groups -OCH3 is 2. The molecule has 2 atom stereocenters. The molecule has 0 aliphatic heterocycles. The number of esters is 1. The van der Waals surface area contributed by atoms with E-state index < -0.39 is 12.3 Å². The molecule has 1 aromatic carbocycles. The molecule has 1 aromatic rings. The molecule has 0 aromatic heterocycles. The molecule has 0 radical (unpaired) electrons. The van der Waals surface area contributed by atoms with Crippen LogP contribution in [0.25, 0.3) is 0 Å². The Hall–Kier alpha value is -1.61. The first-order valence-corrected chi connectivity index (χ1v) is 14.9. The number of hydrogen-bond acceptors (Lipinski definition) is 6. The summed E-state index contributed by atoms with van der Waals surface area (Å²) in [5.74, 6) is -0.416. The molecule has 2 unspecified atom stereocenters. The second-order valence-electron chi connectivity index (χ2n) is 12.8. The van der Waals surface area contributed by atoms with Crippen molar-refractivity contribution >= 4 is 5.97 Å². The van der Waals surface area contributed by atoms with Gasteiger partial charge in [-0.05, 0) is 68.6 Å². The van der Waals surface area contributed by atoms with E-state index in [1.807, 2.05) is 19.9 Å². The van der Waals surface area contributed by atoms with Gasteiger partial charge < -0.3 is 19.1 Å². The molecular formula is C32H54F2N2O4. The van der Waals surface area contributed by atoms with E-state index in [0.29, 0.717) is 45.6 Å². The zero-order valence-electron chi connectivity index (χ0n) is 26.2. The van der Waals surface area contributed by atoms with E-state index in [-0.39, 0.29) is 35.0 Å². The van der Waals surface area contributed by atoms with Crippen LogP contribution in [0, 0.1) is 23.1 Å². The smallest absolute Gasteiger partial charge is 0.308 e. The average Bonchev–Trinajstić information content (AvgIpc) is 2.87. The van der Waals surface area contributed by atoms with Crippen LogP contribution in [-0.2, 0) is 25.4 Å². The van der Waals surface area contributed by atoms with Crippen LogP contribution in [-0.4, -0.2) is 95.2 Å². The molecule has 0 heterocycles. The molecule has 8 heteroatoms. The van der Waals surface area contributed by atoms with E-state index in [1.165, 1.54) is 6.07 Å². The van der Waals surface area contributed by atoms with Crippen LogP contribution < -0.4 is 0 Å².